The van der Waals surface area contributed by atoms with E-state index < -0.39 is 0 Å². The lowest BCUT2D eigenvalue weighted by Gasteiger charge is -2.16. The molecule has 0 aliphatic rings. The zero-order valence-corrected chi connectivity index (χ0v) is 23.2. The summed E-state index contributed by atoms with van der Waals surface area (Å²) in [5.41, 5.74) is 16.7. The second-order valence-electron chi connectivity index (χ2n) is 10.2. The van der Waals surface area contributed by atoms with Gasteiger partial charge in [-0.1, -0.05) is 24.3 Å². The Morgan fingerprint density at radius 2 is 1.79 bits per heavy atom. The summed E-state index contributed by atoms with van der Waals surface area (Å²) >= 11 is 0. The second kappa shape index (κ2) is 13.4. The molecule has 206 valence electrons. The van der Waals surface area contributed by atoms with Gasteiger partial charge in [0.1, 0.15) is 5.75 Å². The Hall–Kier alpha value is -3.72. The maximum absolute atomic E-state index is 13.1. The molecule has 0 aliphatic heterocycles. The zero-order valence-electron chi connectivity index (χ0n) is 23.2. The molecule has 3 aromatic carbocycles. The highest BCUT2D eigenvalue weighted by Crippen LogP contribution is 2.36. The van der Waals surface area contributed by atoms with Gasteiger partial charge >= 0.3 is 0 Å². The normalized spacial score (nSPS) is 11.5. The van der Waals surface area contributed by atoms with E-state index in [0.717, 1.165) is 53.5 Å². The first-order valence-corrected chi connectivity index (χ1v) is 13.5. The zero-order chi connectivity index (χ0) is 27.8. The van der Waals surface area contributed by atoms with Crippen molar-refractivity contribution in [1.82, 2.24) is 15.2 Å². The standard InChI is InChI=1S/C31H40N6O2/c1-37(2)17-16-34-31(38)27-9-5-8-26-29(25-15-14-24(39-3)18-28(25)36-30(26)27)35-23-12-10-21(11-13-23)6-4-7-22(19-32)20-33/h5,8-15,18,22H,4,6-7,16-17,19-20,32-33H2,1-3H3,(H,34,38)(H,35,36). The number of carbonyl (C=O) groups excluding carboxylic acids is 1. The van der Waals surface area contributed by atoms with Crippen LogP contribution in [0.1, 0.15) is 28.8 Å². The smallest absolute Gasteiger partial charge is 0.253 e. The van der Waals surface area contributed by atoms with E-state index in [1.807, 2.05) is 55.4 Å². The molecular formula is C31H40N6O2. The summed E-state index contributed by atoms with van der Waals surface area (Å²) in [5, 5.41) is 8.47. The molecule has 0 fully saturated rings. The Bertz CT molecular complexity index is 1400. The van der Waals surface area contributed by atoms with E-state index in [1.165, 1.54) is 5.56 Å². The first-order chi connectivity index (χ1) is 18.9. The summed E-state index contributed by atoms with van der Waals surface area (Å²) in [6.45, 7) is 2.59. The number of nitrogens with two attached hydrogens (primary N) is 2. The van der Waals surface area contributed by atoms with E-state index in [-0.39, 0.29) is 5.91 Å². The number of hydrogen-bond donors (Lipinski definition) is 4. The van der Waals surface area contributed by atoms with Crippen molar-refractivity contribution in [3.63, 3.8) is 0 Å². The Balaban J connectivity index is 1.66. The van der Waals surface area contributed by atoms with E-state index in [4.69, 9.17) is 21.2 Å². The topological polar surface area (TPSA) is 119 Å². The minimum atomic E-state index is -0.140. The van der Waals surface area contributed by atoms with Crippen LogP contribution in [0.5, 0.6) is 5.75 Å². The first-order valence-electron chi connectivity index (χ1n) is 13.5. The molecule has 1 heterocycles. The summed E-state index contributed by atoms with van der Waals surface area (Å²) in [6.07, 6.45) is 3.09. The highest BCUT2D eigenvalue weighted by atomic mass is 16.5. The number of para-hydroxylation sites is 1. The number of nitrogens with zero attached hydrogens (tertiary/aromatic N) is 2. The third kappa shape index (κ3) is 7.03. The first kappa shape index (κ1) is 28.3. The van der Waals surface area contributed by atoms with Crippen molar-refractivity contribution in [2.75, 3.05) is 52.7 Å². The van der Waals surface area contributed by atoms with Crippen LogP contribution in [-0.2, 0) is 6.42 Å². The summed E-state index contributed by atoms with van der Waals surface area (Å²) in [6, 6.07) is 20.1. The molecule has 4 rings (SSSR count). The van der Waals surface area contributed by atoms with Crippen LogP contribution >= 0.6 is 0 Å². The van der Waals surface area contributed by atoms with E-state index in [2.05, 4.69) is 34.9 Å². The van der Waals surface area contributed by atoms with E-state index in [0.29, 0.717) is 42.4 Å². The van der Waals surface area contributed by atoms with Gasteiger partial charge in [0.15, 0.2) is 0 Å². The minimum absolute atomic E-state index is 0.140. The number of fused-ring (bicyclic) bond motifs is 2. The van der Waals surface area contributed by atoms with Gasteiger partial charge in [-0.25, -0.2) is 4.98 Å². The Morgan fingerprint density at radius 3 is 2.49 bits per heavy atom. The molecule has 0 atom stereocenters. The lowest BCUT2D eigenvalue weighted by Crippen LogP contribution is -2.31. The van der Waals surface area contributed by atoms with Gasteiger partial charge in [0.05, 0.1) is 29.4 Å². The molecule has 1 aromatic heterocycles. The summed E-state index contributed by atoms with van der Waals surface area (Å²) < 4.78 is 5.46. The number of aryl methyl sites for hydroxylation is 1. The molecule has 0 aliphatic carbocycles. The van der Waals surface area contributed by atoms with Crippen LogP contribution in [0.25, 0.3) is 21.8 Å². The fourth-order valence-electron chi connectivity index (χ4n) is 4.71. The summed E-state index contributed by atoms with van der Waals surface area (Å²) in [5.74, 6) is 0.959. The van der Waals surface area contributed by atoms with Crippen LogP contribution in [0.4, 0.5) is 11.4 Å². The molecule has 0 bridgehead atoms. The maximum Gasteiger partial charge on any atom is 0.253 e. The Morgan fingerprint density at radius 1 is 1.03 bits per heavy atom. The van der Waals surface area contributed by atoms with Crippen LogP contribution in [0.15, 0.2) is 60.7 Å². The number of rotatable bonds is 13. The predicted octanol–water partition coefficient (Wildman–Crippen LogP) is 4.29. The van der Waals surface area contributed by atoms with Crippen LogP contribution in [-0.4, -0.2) is 63.2 Å². The molecule has 6 N–H and O–H groups in total. The average molecular weight is 529 g/mol. The van der Waals surface area contributed by atoms with Crippen molar-refractivity contribution in [2.45, 2.75) is 19.3 Å². The predicted molar refractivity (Wildman–Crippen MR) is 161 cm³/mol. The van der Waals surface area contributed by atoms with Gasteiger partial charge in [0.25, 0.3) is 5.91 Å². The number of amides is 1. The number of likely N-dealkylation sites (N-methyl/N-ethyl adjacent to an activating group) is 1. The number of anilines is 2. The fraction of sp³-hybridized carbons (Fsp3) is 0.355. The quantitative estimate of drug-likeness (QED) is 0.191. The molecule has 8 heteroatoms. The van der Waals surface area contributed by atoms with Crippen molar-refractivity contribution < 1.29 is 9.53 Å². The lowest BCUT2D eigenvalue weighted by atomic mass is 9.99. The third-order valence-electron chi connectivity index (χ3n) is 7.07. The number of pyridine rings is 1. The van der Waals surface area contributed by atoms with Gasteiger partial charge in [-0.15, -0.1) is 0 Å². The second-order valence-corrected chi connectivity index (χ2v) is 10.2. The maximum atomic E-state index is 13.1. The van der Waals surface area contributed by atoms with Crippen molar-refractivity contribution in [2.24, 2.45) is 17.4 Å². The number of methoxy groups -OCH3 is 1. The molecule has 4 aromatic rings. The van der Waals surface area contributed by atoms with Gasteiger partial charge in [0.2, 0.25) is 0 Å². The molecule has 0 radical (unpaired) electrons. The van der Waals surface area contributed by atoms with Crippen molar-refractivity contribution >= 4 is 39.1 Å². The molecule has 0 spiro atoms. The highest BCUT2D eigenvalue weighted by molar-refractivity contribution is 6.15. The average Bonchev–Trinajstić information content (AvgIpc) is 2.95. The summed E-state index contributed by atoms with van der Waals surface area (Å²) in [7, 11) is 5.60. The van der Waals surface area contributed by atoms with Gasteiger partial charge in [0, 0.05) is 35.6 Å². The van der Waals surface area contributed by atoms with Crippen LogP contribution in [0, 0.1) is 5.92 Å². The molecule has 0 saturated heterocycles. The number of aromatic nitrogens is 1. The number of benzene rings is 3. The van der Waals surface area contributed by atoms with Crippen molar-refractivity contribution in [3.05, 3.63) is 71.8 Å². The van der Waals surface area contributed by atoms with Crippen LogP contribution in [0.3, 0.4) is 0 Å². The van der Waals surface area contributed by atoms with E-state index >= 15 is 0 Å². The molecule has 1 amide bonds. The number of hydrogen-bond acceptors (Lipinski definition) is 7. The molecular weight excluding hydrogens is 488 g/mol. The molecule has 0 unspecified atom stereocenters. The van der Waals surface area contributed by atoms with Gasteiger partial charge < -0.3 is 31.7 Å². The largest absolute Gasteiger partial charge is 0.497 e. The lowest BCUT2D eigenvalue weighted by molar-refractivity contribution is 0.0952. The molecule has 8 nitrogen and oxygen atoms in total. The number of carbonyl (C=O) groups is 1. The van der Waals surface area contributed by atoms with Crippen LogP contribution < -0.4 is 26.8 Å². The molecule has 39 heavy (non-hydrogen) atoms. The van der Waals surface area contributed by atoms with Gasteiger partial charge in [-0.05, 0) is 88.3 Å². The SMILES string of the molecule is COc1ccc2c(Nc3ccc(CCCC(CN)CN)cc3)c3cccc(C(=O)NCCN(C)C)c3nc2c1. The van der Waals surface area contributed by atoms with Crippen molar-refractivity contribution in [3.8, 4) is 5.75 Å². The summed E-state index contributed by atoms with van der Waals surface area (Å²) in [4.78, 5) is 20.1. The van der Waals surface area contributed by atoms with Crippen molar-refractivity contribution in [1.29, 1.82) is 0 Å². The number of ether oxygens (including phenoxy) is 1. The van der Waals surface area contributed by atoms with Gasteiger partial charge in [-0.3, -0.25) is 4.79 Å². The monoisotopic (exact) mass is 528 g/mol. The Kier molecular flexibility index (Phi) is 9.70. The van der Waals surface area contributed by atoms with Gasteiger partial charge in [-0.2, -0.15) is 0 Å². The minimum Gasteiger partial charge on any atom is -0.497 e. The Labute approximate surface area is 230 Å². The van der Waals surface area contributed by atoms with E-state index in [9.17, 15) is 4.79 Å². The number of nitrogens with one attached hydrogen (secondary N) is 2. The third-order valence-corrected chi connectivity index (χ3v) is 7.07. The molecule has 0 saturated carbocycles. The van der Waals surface area contributed by atoms with Crippen LogP contribution in [0.2, 0.25) is 0 Å². The van der Waals surface area contributed by atoms with E-state index in [1.54, 1.807) is 7.11 Å². The fourth-order valence-corrected chi connectivity index (χ4v) is 4.71. The highest BCUT2D eigenvalue weighted by Gasteiger charge is 2.17.